The zero-order valence-electron chi connectivity index (χ0n) is 20.9. The van der Waals surface area contributed by atoms with Gasteiger partial charge < -0.3 is 9.47 Å². The summed E-state index contributed by atoms with van der Waals surface area (Å²) in [5.41, 5.74) is 0. The quantitative estimate of drug-likeness (QED) is 0.125. The highest BCUT2D eigenvalue weighted by Crippen LogP contribution is 2.34. The van der Waals surface area contributed by atoms with Gasteiger partial charge in [0.1, 0.15) is 0 Å². The number of carbonyl (C=O) groups is 2. The number of hydrogen-bond donors (Lipinski definition) is 0. The monoisotopic (exact) mass is 450 g/mol. The fourth-order valence-electron chi connectivity index (χ4n) is 4.43. The molecule has 186 valence electrons. The van der Waals surface area contributed by atoms with Gasteiger partial charge in [-0.15, -0.1) is 0 Å². The third-order valence-corrected chi connectivity index (χ3v) is 7.07. The normalized spacial score (nSPS) is 16.7. The molecular weight excluding hydrogens is 400 g/mol. The molecule has 0 heterocycles. The van der Waals surface area contributed by atoms with Crippen molar-refractivity contribution in [3.05, 3.63) is 0 Å². The highest BCUT2D eigenvalue weighted by Gasteiger charge is 2.24. The SMILES string of the molecule is CCCCC(CC(=O)OCCCCCCCC1CC1)C(=O)OCCCCCCCC1CC1. The van der Waals surface area contributed by atoms with Crippen molar-refractivity contribution in [1.29, 1.82) is 0 Å². The lowest BCUT2D eigenvalue weighted by Gasteiger charge is -2.15. The van der Waals surface area contributed by atoms with Crippen LogP contribution in [0.15, 0.2) is 0 Å². The summed E-state index contributed by atoms with van der Waals surface area (Å²) in [6.07, 6.45) is 23.3. The van der Waals surface area contributed by atoms with Crippen LogP contribution in [0.3, 0.4) is 0 Å². The van der Waals surface area contributed by atoms with Crippen molar-refractivity contribution in [2.45, 2.75) is 135 Å². The lowest BCUT2D eigenvalue weighted by atomic mass is 9.98. The molecular formula is C28H50O4. The van der Waals surface area contributed by atoms with E-state index < -0.39 is 0 Å². The van der Waals surface area contributed by atoms with Gasteiger partial charge in [0.05, 0.1) is 25.6 Å². The van der Waals surface area contributed by atoms with E-state index in [1.165, 1.54) is 77.0 Å². The molecule has 2 rings (SSSR count). The van der Waals surface area contributed by atoms with Crippen molar-refractivity contribution in [3.8, 4) is 0 Å². The Morgan fingerprint density at radius 1 is 0.688 bits per heavy atom. The van der Waals surface area contributed by atoms with Crippen LogP contribution in [0.2, 0.25) is 0 Å². The summed E-state index contributed by atoms with van der Waals surface area (Å²) in [4.78, 5) is 24.7. The Labute approximate surface area is 197 Å². The number of carbonyl (C=O) groups excluding carboxylic acids is 2. The summed E-state index contributed by atoms with van der Waals surface area (Å²) >= 11 is 0. The van der Waals surface area contributed by atoms with E-state index in [2.05, 4.69) is 6.92 Å². The van der Waals surface area contributed by atoms with E-state index in [4.69, 9.17) is 9.47 Å². The van der Waals surface area contributed by atoms with E-state index in [0.29, 0.717) is 19.6 Å². The first-order chi connectivity index (χ1) is 15.7. The number of esters is 2. The van der Waals surface area contributed by atoms with Crippen LogP contribution in [0, 0.1) is 17.8 Å². The molecule has 0 radical (unpaired) electrons. The van der Waals surface area contributed by atoms with Crippen molar-refractivity contribution in [1.82, 2.24) is 0 Å². The average Bonchev–Trinajstić information content (AvgIpc) is 3.70. The largest absolute Gasteiger partial charge is 0.466 e. The second kappa shape index (κ2) is 17.4. The summed E-state index contributed by atoms with van der Waals surface area (Å²) in [6, 6.07) is 0. The lowest BCUT2D eigenvalue weighted by molar-refractivity contribution is -0.155. The van der Waals surface area contributed by atoms with Gasteiger partial charge in [0, 0.05) is 0 Å². The van der Waals surface area contributed by atoms with Gasteiger partial charge in [-0.25, -0.2) is 0 Å². The highest BCUT2D eigenvalue weighted by molar-refractivity contribution is 5.79. The molecule has 1 atom stereocenters. The molecule has 2 aliphatic carbocycles. The topological polar surface area (TPSA) is 52.6 Å². The Morgan fingerprint density at radius 2 is 1.19 bits per heavy atom. The summed E-state index contributed by atoms with van der Waals surface area (Å²) in [6.45, 7) is 3.08. The second-order valence-electron chi connectivity index (χ2n) is 10.4. The first-order valence-electron chi connectivity index (χ1n) is 14.0. The molecule has 0 bridgehead atoms. The molecule has 1 unspecified atom stereocenters. The number of hydrogen-bond acceptors (Lipinski definition) is 4. The zero-order valence-corrected chi connectivity index (χ0v) is 20.9. The van der Waals surface area contributed by atoms with Crippen LogP contribution < -0.4 is 0 Å². The van der Waals surface area contributed by atoms with E-state index in [1.807, 2.05) is 0 Å². The van der Waals surface area contributed by atoms with Gasteiger partial charge in [0.25, 0.3) is 0 Å². The van der Waals surface area contributed by atoms with Gasteiger partial charge in [-0.1, -0.05) is 110 Å². The van der Waals surface area contributed by atoms with Crippen LogP contribution in [0.25, 0.3) is 0 Å². The standard InChI is InChI=1S/C28H50O4/c1-2-3-16-26(28(30)32-22-13-9-5-7-11-15-25-19-20-25)23-27(29)31-21-12-8-4-6-10-14-24-17-18-24/h24-26H,2-23H2,1H3. The Morgan fingerprint density at radius 3 is 1.72 bits per heavy atom. The van der Waals surface area contributed by atoms with Gasteiger partial charge >= 0.3 is 11.9 Å². The molecule has 0 aromatic rings. The second-order valence-corrected chi connectivity index (χ2v) is 10.4. The summed E-state index contributed by atoms with van der Waals surface area (Å²) in [5, 5.41) is 0. The maximum Gasteiger partial charge on any atom is 0.309 e. The molecule has 0 saturated heterocycles. The van der Waals surface area contributed by atoms with Crippen molar-refractivity contribution >= 4 is 11.9 Å². The molecule has 2 fully saturated rings. The number of rotatable bonds is 22. The minimum Gasteiger partial charge on any atom is -0.466 e. The van der Waals surface area contributed by atoms with Crippen molar-refractivity contribution in [2.75, 3.05) is 13.2 Å². The van der Waals surface area contributed by atoms with E-state index in [-0.39, 0.29) is 24.3 Å². The molecule has 0 amide bonds. The lowest BCUT2D eigenvalue weighted by Crippen LogP contribution is -2.23. The molecule has 0 aromatic heterocycles. The van der Waals surface area contributed by atoms with Crippen molar-refractivity contribution < 1.29 is 19.1 Å². The van der Waals surface area contributed by atoms with E-state index in [1.54, 1.807) is 0 Å². The first kappa shape index (κ1) is 27.2. The zero-order chi connectivity index (χ0) is 22.9. The fraction of sp³-hybridized carbons (Fsp3) is 0.929. The van der Waals surface area contributed by atoms with E-state index >= 15 is 0 Å². The smallest absolute Gasteiger partial charge is 0.309 e. The molecule has 2 aliphatic rings. The summed E-state index contributed by atoms with van der Waals surface area (Å²) < 4.78 is 10.9. The first-order valence-corrected chi connectivity index (χ1v) is 14.0. The third kappa shape index (κ3) is 14.9. The Balaban J connectivity index is 1.46. The minimum absolute atomic E-state index is 0.168. The van der Waals surface area contributed by atoms with Crippen molar-refractivity contribution in [2.24, 2.45) is 17.8 Å². The van der Waals surface area contributed by atoms with Gasteiger partial charge in [0.15, 0.2) is 0 Å². The van der Waals surface area contributed by atoms with Gasteiger partial charge in [-0.3, -0.25) is 9.59 Å². The summed E-state index contributed by atoms with van der Waals surface area (Å²) in [5.74, 6) is 1.27. The fourth-order valence-corrected chi connectivity index (χ4v) is 4.43. The number of unbranched alkanes of at least 4 members (excludes halogenated alkanes) is 9. The maximum absolute atomic E-state index is 12.5. The molecule has 4 nitrogen and oxygen atoms in total. The summed E-state index contributed by atoms with van der Waals surface area (Å²) in [7, 11) is 0. The van der Waals surface area contributed by atoms with Gasteiger partial charge in [-0.05, 0) is 31.1 Å². The maximum atomic E-state index is 12.5. The molecule has 4 heteroatoms. The van der Waals surface area contributed by atoms with Gasteiger partial charge in [-0.2, -0.15) is 0 Å². The van der Waals surface area contributed by atoms with Crippen LogP contribution in [0.4, 0.5) is 0 Å². The Kier molecular flexibility index (Phi) is 14.8. The molecule has 0 spiro atoms. The molecule has 32 heavy (non-hydrogen) atoms. The molecule has 0 aromatic carbocycles. The Hall–Kier alpha value is -1.06. The predicted molar refractivity (Wildman–Crippen MR) is 130 cm³/mol. The molecule has 0 aliphatic heterocycles. The van der Waals surface area contributed by atoms with E-state index in [9.17, 15) is 9.59 Å². The molecule has 0 N–H and O–H groups in total. The van der Waals surface area contributed by atoms with E-state index in [0.717, 1.165) is 50.4 Å². The van der Waals surface area contributed by atoms with Crippen LogP contribution in [0.1, 0.15) is 135 Å². The predicted octanol–water partition coefficient (Wildman–Crippen LogP) is 7.77. The van der Waals surface area contributed by atoms with Crippen molar-refractivity contribution in [3.63, 3.8) is 0 Å². The molecule has 2 saturated carbocycles. The minimum atomic E-state index is -0.344. The van der Waals surface area contributed by atoms with Crippen LogP contribution >= 0.6 is 0 Å². The third-order valence-electron chi connectivity index (χ3n) is 7.07. The van der Waals surface area contributed by atoms with Crippen LogP contribution in [-0.4, -0.2) is 25.2 Å². The van der Waals surface area contributed by atoms with Gasteiger partial charge in [0.2, 0.25) is 0 Å². The van der Waals surface area contributed by atoms with Crippen LogP contribution in [-0.2, 0) is 19.1 Å². The number of ether oxygens (including phenoxy) is 2. The highest BCUT2D eigenvalue weighted by atomic mass is 16.5. The average molecular weight is 451 g/mol. The Bertz CT molecular complexity index is 496. The van der Waals surface area contributed by atoms with Crippen LogP contribution in [0.5, 0.6) is 0 Å².